The summed E-state index contributed by atoms with van der Waals surface area (Å²) in [6.07, 6.45) is 1.53. The summed E-state index contributed by atoms with van der Waals surface area (Å²) in [6, 6.07) is 2.84. The Morgan fingerprint density at radius 3 is 2.60 bits per heavy atom. The zero-order valence-electron chi connectivity index (χ0n) is 13.9. The monoisotopic (exact) mass is 412 g/mol. The molecule has 0 bridgehead atoms. The maximum absolute atomic E-state index is 12.1. The standard InChI is InChI=1S/C16H17BrN2O6/c1-4-19-15(21)11(18-16(19)22)6-9-5-10(17)14(12(7-9)23-2)25-8-13(20)24-3/h5-7H,4,8H2,1-3H3,(H,18,22)/b11-6+. The second-order valence-corrected chi connectivity index (χ2v) is 5.79. The van der Waals surface area contributed by atoms with Crippen LogP contribution in [0.5, 0.6) is 11.5 Å². The fraction of sp³-hybridized carbons (Fsp3) is 0.312. The topological polar surface area (TPSA) is 94.2 Å². The molecule has 0 saturated carbocycles. The average Bonchev–Trinajstić information content (AvgIpc) is 2.86. The number of imide groups is 1. The first-order chi connectivity index (χ1) is 11.9. The van der Waals surface area contributed by atoms with Gasteiger partial charge in [0.1, 0.15) is 5.70 Å². The number of esters is 1. The SMILES string of the molecule is CCN1C(=O)N/C(=C/c2cc(Br)c(OCC(=O)OC)c(OC)c2)C1=O. The molecular formula is C16H17BrN2O6. The summed E-state index contributed by atoms with van der Waals surface area (Å²) in [5.74, 6) is -0.242. The third kappa shape index (κ3) is 4.11. The number of carbonyl (C=O) groups is 3. The first kappa shape index (κ1) is 18.8. The highest BCUT2D eigenvalue weighted by molar-refractivity contribution is 9.10. The molecule has 1 aliphatic rings. The van der Waals surface area contributed by atoms with E-state index in [1.165, 1.54) is 20.3 Å². The van der Waals surface area contributed by atoms with E-state index in [2.05, 4.69) is 26.0 Å². The second-order valence-electron chi connectivity index (χ2n) is 4.94. The van der Waals surface area contributed by atoms with Crippen molar-refractivity contribution in [2.45, 2.75) is 6.92 Å². The molecule has 1 N–H and O–H groups in total. The van der Waals surface area contributed by atoms with E-state index in [4.69, 9.17) is 9.47 Å². The van der Waals surface area contributed by atoms with Gasteiger partial charge in [-0.2, -0.15) is 0 Å². The van der Waals surface area contributed by atoms with Gasteiger partial charge in [-0.15, -0.1) is 0 Å². The number of carbonyl (C=O) groups excluding carboxylic acids is 3. The maximum Gasteiger partial charge on any atom is 0.343 e. The number of benzene rings is 1. The minimum Gasteiger partial charge on any atom is -0.493 e. The van der Waals surface area contributed by atoms with Crippen LogP contribution in [0.2, 0.25) is 0 Å². The normalized spacial score (nSPS) is 15.4. The fourth-order valence-corrected chi connectivity index (χ4v) is 2.75. The highest BCUT2D eigenvalue weighted by atomic mass is 79.9. The molecule has 0 aromatic heterocycles. The van der Waals surface area contributed by atoms with Crippen LogP contribution < -0.4 is 14.8 Å². The molecular weight excluding hydrogens is 396 g/mol. The quantitative estimate of drug-likeness (QED) is 0.435. The average molecular weight is 413 g/mol. The Labute approximate surface area is 152 Å². The Bertz CT molecular complexity index is 746. The van der Waals surface area contributed by atoms with Crippen molar-refractivity contribution in [3.8, 4) is 11.5 Å². The maximum atomic E-state index is 12.1. The summed E-state index contributed by atoms with van der Waals surface area (Å²) < 4.78 is 15.7. The van der Waals surface area contributed by atoms with Crippen LogP contribution in [0.4, 0.5) is 4.79 Å². The lowest BCUT2D eigenvalue weighted by molar-refractivity contribution is -0.143. The number of methoxy groups -OCH3 is 2. The van der Waals surface area contributed by atoms with E-state index in [0.717, 1.165) is 4.90 Å². The van der Waals surface area contributed by atoms with Gasteiger partial charge < -0.3 is 19.5 Å². The van der Waals surface area contributed by atoms with Gasteiger partial charge in [-0.05, 0) is 46.6 Å². The zero-order valence-corrected chi connectivity index (χ0v) is 15.5. The van der Waals surface area contributed by atoms with E-state index in [-0.39, 0.29) is 18.8 Å². The molecule has 3 amide bonds. The van der Waals surface area contributed by atoms with Crippen molar-refractivity contribution >= 4 is 39.9 Å². The number of urea groups is 1. The third-order valence-electron chi connectivity index (χ3n) is 3.40. The molecule has 0 atom stereocenters. The Morgan fingerprint density at radius 2 is 2.04 bits per heavy atom. The van der Waals surface area contributed by atoms with E-state index in [1.54, 1.807) is 19.1 Å². The van der Waals surface area contributed by atoms with E-state index in [1.807, 2.05) is 0 Å². The number of nitrogens with one attached hydrogen (secondary N) is 1. The summed E-state index contributed by atoms with van der Waals surface area (Å²) in [7, 11) is 2.71. The smallest absolute Gasteiger partial charge is 0.343 e. The lowest BCUT2D eigenvalue weighted by atomic mass is 10.1. The van der Waals surface area contributed by atoms with E-state index in [0.29, 0.717) is 21.5 Å². The number of ether oxygens (including phenoxy) is 3. The number of hydrogen-bond acceptors (Lipinski definition) is 6. The summed E-state index contributed by atoms with van der Waals surface area (Å²) >= 11 is 3.34. The summed E-state index contributed by atoms with van der Waals surface area (Å²) in [5, 5.41) is 2.52. The van der Waals surface area contributed by atoms with Gasteiger partial charge in [0.25, 0.3) is 5.91 Å². The molecule has 0 aliphatic carbocycles. The molecule has 134 valence electrons. The lowest BCUT2D eigenvalue weighted by Crippen LogP contribution is -2.30. The van der Waals surface area contributed by atoms with Gasteiger partial charge in [-0.1, -0.05) is 0 Å². The van der Waals surface area contributed by atoms with Gasteiger partial charge in [0, 0.05) is 6.54 Å². The highest BCUT2D eigenvalue weighted by Crippen LogP contribution is 2.37. The van der Waals surface area contributed by atoms with E-state index < -0.39 is 17.9 Å². The molecule has 2 rings (SSSR count). The van der Waals surface area contributed by atoms with Gasteiger partial charge in [-0.3, -0.25) is 9.69 Å². The molecule has 0 radical (unpaired) electrons. The van der Waals surface area contributed by atoms with E-state index in [9.17, 15) is 14.4 Å². The number of halogens is 1. The Balaban J connectivity index is 2.30. The molecule has 0 spiro atoms. The molecule has 25 heavy (non-hydrogen) atoms. The number of amides is 3. The number of nitrogens with zero attached hydrogens (tertiary/aromatic N) is 1. The van der Waals surface area contributed by atoms with Crippen LogP contribution in [0, 0.1) is 0 Å². The zero-order chi connectivity index (χ0) is 18.6. The molecule has 1 heterocycles. The van der Waals surface area contributed by atoms with Crippen LogP contribution in [0.1, 0.15) is 12.5 Å². The Hall–Kier alpha value is -2.55. The predicted octanol–water partition coefficient (Wildman–Crippen LogP) is 1.92. The summed E-state index contributed by atoms with van der Waals surface area (Å²) in [4.78, 5) is 36.1. The molecule has 1 fully saturated rings. The minimum atomic E-state index is -0.529. The first-order valence-electron chi connectivity index (χ1n) is 7.33. The van der Waals surface area contributed by atoms with Crippen LogP contribution in [-0.4, -0.2) is 50.2 Å². The third-order valence-corrected chi connectivity index (χ3v) is 3.99. The van der Waals surface area contributed by atoms with E-state index >= 15 is 0 Å². The first-order valence-corrected chi connectivity index (χ1v) is 8.12. The van der Waals surface area contributed by atoms with Crippen LogP contribution in [0.25, 0.3) is 6.08 Å². The van der Waals surface area contributed by atoms with Crippen molar-refractivity contribution in [3.63, 3.8) is 0 Å². The second kappa shape index (κ2) is 8.02. The number of hydrogen-bond donors (Lipinski definition) is 1. The van der Waals surface area contributed by atoms with Crippen molar-refractivity contribution in [1.29, 1.82) is 0 Å². The minimum absolute atomic E-state index is 0.170. The van der Waals surface area contributed by atoms with Gasteiger partial charge in [0.2, 0.25) is 0 Å². The highest BCUT2D eigenvalue weighted by Gasteiger charge is 2.32. The molecule has 8 nitrogen and oxygen atoms in total. The Kier molecular flexibility index (Phi) is 6.02. The fourth-order valence-electron chi connectivity index (χ4n) is 2.18. The van der Waals surface area contributed by atoms with Crippen LogP contribution in [0.3, 0.4) is 0 Å². The van der Waals surface area contributed by atoms with Crippen LogP contribution in [0.15, 0.2) is 22.3 Å². The van der Waals surface area contributed by atoms with Crippen LogP contribution >= 0.6 is 15.9 Å². The summed E-state index contributed by atoms with van der Waals surface area (Å²) in [6.45, 7) is 1.73. The van der Waals surface area contributed by atoms with Crippen LogP contribution in [-0.2, 0) is 14.3 Å². The predicted molar refractivity (Wildman–Crippen MR) is 92.1 cm³/mol. The molecule has 1 aromatic rings. The number of likely N-dealkylation sites (N-methyl/N-ethyl adjacent to an activating group) is 1. The van der Waals surface area contributed by atoms with Crippen molar-refractivity contribution in [3.05, 3.63) is 27.9 Å². The van der Waals surface area contributed by atoms with Gasteiger partial charge in [0.05, 0.1) is 18.7 Å². The van der Waals surface area contributed by atoms with Crippen molar-refractivity contribution in [2.24, 2.45) is 0 Å². The van der Waals surface area contributed by atoms with Crippen molar-refractivity contribution in [1.82, 2.24) is 10.2 Å². The molecule has 0 unspecified atom stereocenters. The molecule has 1 saturated heterocycles. The molecule has 1 aromatic carbocycles. The van der Waals surface area contributed by atoms with Gasteiger partial charge in [0.15, 0.2) is 18.1 Å². The largest absolute Gasteiger partial charge is 0.493 e. The van der Waals surface area contributed by atoms with Crippen molar-refractivity contribution in [2.75, 3.05) is 27.4 Å². The summed E-state index contributed by atoms with van der Waals surface area (Å²) in [5.41, 5.74) is 0.778. The van der Waals surface area contributed by atoms with Gasteiger partial charge in [-0.25, -0.2) is 9.59 Å². The number of rotatable bonds is 6. The van der Waals surface area contributed by atoms with Gasteiger partial charge >= 0.3 is 12.0 Å². The van der Waals surface area contributed by atoms with Crippen molar-refractivity contribution < 1.29 is 28.6 Å². The molecule has 9 heteroatoms. The molecule has 1 aliphatic heterocycles. The Morgan fingerprint density at radius 1 is 1.32 bits per heavy atom. The lowest BCUT2D eigenvalue weighted by Gasteiger charge is -2.13.